The van der Waals surface area contributed by atoms with Gasteiger partial charge in [0.15, 0.2) is 11.7 Å². The first kappa shape index (κ1) is 18.6. The van der Waals surface area contributed by atoms with Gasteiger partial charge >= 0.3 is 11.9 Å². The molecule has 1 unspecified atom stereocenters. The fourth-order valence-electron chi connectivity index (χ4n) is 2.40. The van der Waals surface area contributed by atoms with Crippen molar-refractivity contribution < 1.29 is 23.9 Å². The number of benzene rings is 1. The van der Waals surface area contributed by atoms with Crippen LogP contribution in [0.5, 0.6) is 0 Å². The van der Waals surface area contributed by atoms with Crippen LogP contribution in [0.15, 0.2) is 42.0 Å². The monoisotopic (exact) mass is 318 g/mol. The van der Waals surface area contributed by atoms with E-state index in [1.54, 1.807) is 24.3 Å². The first-order chi connectivity index (χ1) is 10.9. The summed E-state index contributed by atoms with van der Waals surface area (Å²) in [5.74, 6) is -3.40. The van der Waals surface area contributed by atoms with Crippen molar-refractivity contribution in [3.63, 3.8) is 0 Å². The number of hydrogen-bond donors (Lipinski definition) is 0. The molecule has 0 spiro atoms. The minimum absolute atomic E-state index is 0.0179. The van der Waals surface area contributed by atoms with E-state index in [9.17, 15) is 14.4 Å². The summed E-state index contributed by atoms with van der Waals surface area (Å²) in [6.07, 6.45) is 1.52. The van der Waals surface area contributed by atoms with E-state index in [4.69, 9.17) is 9.47 Å². The summed E-state index contributed by atoms with van der Waals surface area (Å²) < 4.78 is 9.47. The highest BCUT2D eigenvalue weighted by molar-refractivity contribution is 5.98. The van der Waals surface area contributed by atoms with Crippen molar-refractivity contribution in [1.82, 2.24) is 0 Å². The average molecular weight is 318 g/mol. The lowest BCUT2D eigenvalue weighted by molar-refractivity contribution is -0.160. The van der Waals surface area contributed by atoms with Gasteiger partial charge in [-0.15, -0.1) is 0 Å². The summed E-state index contributed by atoms with van der Waals surface area (Å²) in [6.45, 7) is 3.63. The van der Waals surface area contributed by atoms with Gasteiger partial charge in [0.1, 0.15) is 0 Å². The van der Waals surface area contributed by atoms with Crippen LogP contribution in [-0.2, 0) is 23.9 Å². The lowest BCUT2D eigenvalue weighted by Crippen LogP contribution is -2.33. The van der Waals surface area contributed by atoms with E-state index in [-0.39, 0.29) is 12.2 Å². The van der Waals surface area contributed by atoms with Crippen LogP contribution in [0.3, 0.4) is 0 Å². The number of carbonyl (C=O) groups excluding carboxylic acids is 3. The maximum atomic E-state index is 12.2. The summed E-state index contributed by atoms with van der Waals surface area (Å²) in [4.78, 5) is 36.3. The smallest absolute Gasteiger partial charge is 0.320 e. The van der Waals surface area contributed by atoms with Crippen molar-refractivity contribution >= 4 is 17.7 Å². The van der Waals surface area contributed by atoms with Gasteiger partial charge in [0.25, 0.3) is 0 Å². The van der Waals surface area contributed by atoms with Gasteiger partial charge in [-0.25, -0.2) is 0 Å². The second-order valence-electron chi connectivity index (χ2n) is 5.43. The summed E-state index contributed by atoms with van der Waals surface area (Å²) in [6, 6.07) is 8.96. The van der Waals surface area contributed by atoms with Crippen LogP contribution in [-0.4, -0.2) is 31.9 Å². The Morgan fingerprint density at radius 2 is 1.52 bits per heavy atom. The van der Waals surface area contributed by atoms with E-state index in [0.29, 0.717) is 5.56 Å². The van der Waals surface area contributed by atoms with Gasteiger partial charge in [0.05, 0.1) is 14.2 Å². The minimum atomic E-state index is -1.18. The molecule has 1 atom stereocenters. The molecule has 0 bridgehead atoms. The van der Waals surface area contributed by atoms with Crippen LogP contribution < -0.4 is 0 Å². The molecule has 0 fully saturated rings. The van der Waals surface area contributed by atoms with Crippen LogP contribution >= 0.6 is 0 Å². The summed E-state index contributed by atoms with van der Waals surface area (Å²) in [7, 11) is 2.41. The van der Waals surface area contributed by atoms with Crippen LogP contribution in [0.1, 0.15) is 31.7 Å². The molecule has 0 saturated heterocycles. The third-order valence-corrected chi connectivity index (χ3v) is 3.41. The van der Waals surface area contributed by atoms with Gasteiger partial charge < -0.3 is 9.47 Å². The normalized spacial score (nSPS) is 11.5. The van der Waals surface area contributed by atoms with Crippen molar-refractivity contribution in [2.75, 3.05) is 14.2 Å². The lowest BCUT2D eigenvalue weighted by Gasteiger charge is -2.23. The largest absolute Gasteiger partial charge is 0.468 e. The first-order valence-corrected chi connectivity index (χ1v) is 7.29. The van der Waals surface area contributed by atoms with E-state index >= 15 is 0 Å². The van der Waals surface area contributed by atoms with Crippen molar-refractivity contribution in [3.05, 3.63) is 47.5 Å². The molecule has 5 nitrogen and oxygen atoms in total. The molecule has 0 N–H and O–H groups in total. The van der Waals surface area contributed by atoms with Gasteiger partial charge in [-0.1, -0.05) is 35.9 Å². The second-order valence-corrected chi connectivity index (χ2v) is 5.43. The number of hydrogen-bond acceptors (Lipinski definition) is 5. The summed E-state index contributed by atoms with van der Waals surface area (Å²) >= 11 is 0. The number of ether oxygens (including phenoxy) is 2. The van der Waals surface area contributed by atoms with Crippen LogP contribution in [0, 0.1) is 5.92 Å². The standard InChI is InChI=1S/C18H22O5/c1-12(2)10-14(19)11-15(13-8-6-5-7-9-13)16(17(20)22-3)18(21)23-4/h5-10,15-16H,11H2,1-4H3. The molecule has 0 saturated carbocycles. The number of ketones is 1. The zero-order valence-electron chi connectivity index (χ0n) is 13.9. The molecule has 5 heteroatoms. The molecule has 1 aromatic carbocycles. The molecule has 0 aromatic heterocycles. The highest BCUT2D eigenvalue weighted by atomic mass is 16.5. The Balaban J connectivity index is 3.25. The molecule has 0 radical (unpaired) electrons. The Hall–Kier alpha value is -2.43. The fourth-order valence-corrected chi connectivity index (χ4v) is 2.40. The molecule has 0 aliphatic heterocycles. The van der Waals surface area contributed by atoms with Crippen LogP contribution in [0.2, 0.25) is 0 Å². The SMILES string of the molecule is COC(=O)C(C(=O)OC)C(CC(=O)C=C(C)C)c1ccccc1. The Morgan fingerprint density at radius 1 is 1.00 bits per heavy atom. The van der Waals surface area contributed by atoms with Gasteiger partial charge in [-0.05, 0) is 25.5 Å². The molecule has 124 valence electrons. The van der Waals surface area contributed by atoms with Gasteiger partial charge in [0.2, 0.25) is 0 Å². The first-order valence-electron chi connectivity index (χ1n) is 7.29. The zero-order chi connectivity index (χ0) is 17.4. The fraction of sp³-hybridized carbons (Fsp3) is 0.389. The van der Waals surface area contributed by atoms with Crippen molar-refractivity contribution in [2.24, 2.45) is 5.92 Å². The molecule has 0 amide bonds. The molecule has 0 heterocycles. The van der Waals surface area contributed by atoms with E-state index < -0.39 is 23.8 Å². The van der Waals surface area contributed by atoms with E-state index in [0.717, 1.165) is 5.57 Å². The number of carbonyl (C=O) groups is 3. The Labute approximate surface area is 136 Å². The van der Waals surface area contributed by atoms with Gasteiger partial charge in [-0.2, -0.15) is 0 Å². The van der Waals surface area contributed by atoms with Gasteiger partial charge in [0, 0.05) is 12.3 Å². The average Bonchev–Trinajstić information content (AvgIpc) is 2.53. The lowest BCUT2D eigenvalue weighted by atomic mass is 9.82. The number of methoxy groups -OCH3 is 2. The van der Waals surface area contributed by atoms with Crippen LogP contribution in [0.25, 0.3) is 0 Å². The topological polar surface area (TPSA) is 69.7 Å². The quantitative estimate of drug-likeness (QED) is 0.439. The van der Waals surface area contributed by atoms with E-state index in [1.165, 1.54) is 20.3 Å². The van der Waals surface area contributed by atoms with Crippen LogP contribution in [0.4, 0.5) is 0 Å². The molecular weight excluding hydrogens is 296 g/mol. The van der Waals surface area contributed by atoms with E-state index in [2.05, 4.69) is 0 Å². The zero-order valence-corrected chi connectivity index (χ0v) is 13.9. The second kappa shape index (κ2) is 8.88. The molecule has 1 rings (SSSR count). The maximum Gasteiger partial charge on any atom is 0.320 e. The number of esters is 2. The van der Waals surface area contributed by atoms with E-state index in [1.807, 2.05) is 19.9 Å². The predicted molar refractivity (Wildman–Crippen MR) is 85.8 cm³/mol. The van der Waals surface area contributed by atoms with Crippen molar-refractivity contribution in [3.8, 4) is 0 Å². The minimum Gasteiger partial charge on any atom is -0.468 e. The van der Waals surface area contributed by atoms with Crippen molar-refractivity contribution in [1.29, 1.82) is 0 Å². The Kier molecular flexibility index (Phi) is 7.19. The molecule has 0 aliphatic rings. The molecular formula is C18H22O5. The Morgan fingerprint density at radius 3 is 1.96 bits per heavy atom. The Bertz CT molecular complexity index is 569. The number of rotatable bonds is 7. The highest BCUT2D eigenvalue weighted by Gasteiger charge is 2.38. The molecule has 1 aromatic rings. The third kappa shape index (κ3) is 5.36. The maximum absolute atomic E-state index is 12.2. The molecule has 0 aliphatic carbocycles. The molecule has 23 heavy (non-hydrogen) atoms. The third-order valence-electron chi connectivity index (χ3n) is 3.41. The highest BCUT2D eigenvalue weighted by Crippen LogP contribution is 2.31. The van der Waals surface area contributed by atoms with Crippen molar-refractivity contribution in [2.45, 2.75) is 26.2 Å². The predicted octanol–water partition coefficient (Wildman–Crippen LogP) is 2.66. The number of allylic oxidation sites excluding steroid dienone is 2. The van der Waals surface area contributed by atoms with Gasteiger partial charge in [-0.3, -0.25) is 14.4 Å². The summed E-state index contributed by atoms with van der Waals surface area (Å²) in [5, 5.41) is 0. The summed E-state index contributed by atoms with van der Waals surface area (Å²) in [5.41, 5.74) is 1.57.